The van der Waals surface area contributed by atoms with E-state index in [1.165, 1.54) is 22.4 Å². The van der Waals surface area contributed by atoms with Crippen molar-refractivity contribution in [3.8, 4) is 11.3 Å². The highest BCUT2D eigenvalue weighted by Gasteiger charge is 2.14. The van der Waals surface area contributed by atoms with Crippen LogP contribution >= 0.6 is 11.8 Å². The van der Waals surface area contributed by atoms with Crippen LogP contribution in [-0.2, 0) is 11.3 Å². The monoisotopic (exact) mass is 393 g/mol. The molecule has 2 aromatic carbocycles. The number of nitrogens with zero attached hydrogens (tertiary/aromatic N) is 2. The lowest BCUT2D eigenvalue weighted by atomic mass is 10.0. The quantitative estimate of drug-likeness (QED) is 0.498. The molecule has 0 saturated carbocycles. The number of thioether (sulfide) groups is 1. The zero-order valence-electron chi connectivity index (χ0n) is 16.2. The first-order valence-electron chi connectivity index (χ1n) is 9.09. The van der Waals surface area contributed by atoms with Gasteiger partial charge in [0.1, 0.15) is 6.54 Å². The SMILES string of the molecule is CSc1nc(-c2ccccc2)cc(=O)n1CC(=O)Nc1ccccc1C(C)C. The molecule has 0 aliphatic heterocycles. The van der Waals surface area contributed by atoms with E-state index in [2.05, 4.69) is 24.1 Å². The maximum atomic E-state index is 12.7. The van der Waals surface area contributed by atoms with Gasteiger partial charge in [-0.25, -0.2) is 4.98 Å². The van der Waals surface area contributed by atoms with Gasteiger partial charge in [0.15, 0.2) is 5.16 Å². The van der Waals surface area contributed by atoms with Crippen LogP contribution in [0.3, 0.4) is 0 Å². The van der Waals surface area contributed by atoms with Crippen molar-refractivity contribution < 1.29 is 4.79 Å². The molecular formula is C22H23N3O2S. The van der Waals surface area contributed by atoms with Crippen LogP contribution in [0.1, 0.15) is 25.3 Å². The topological polar surface area (TPSA) is 64.0 Å². The van der Waals surface area contributed by atoms with Gasteiger partial charge in [0.05, 0.1) is 5.69 Å². The number of hydrogen-bond acceptors (Lipinski definition) is 4. The number of nitrogens with one attached hydrogen (secondary N) is 1. The lowest BCUT2D eigenvalue weighted by molar-refractivity contribution is -0.116. The summed E-state index contributed by atoms with van der Waals surface area (Å²) in [5.41, 5.74) is 3.07. The molecular weight excluding hydrogens is 370 g/mol. The first-order chi connectivity index (χ1) is 13.5. The van der Waals surface area contributed by atoms with Crippen molar-refractivity contribution in [3.63, 3.8) is 0 Å². The minimum Gasteiger partial charge on any atom is -0.324 e. The summed E-state index contributed by atoms with van der Waals surface area (Å²) in [4.78, 5) is 29.9. The lowest BCUT2D eigenvalue weighted by Gasteiger charge is -2.15. The Kier molecular flexibility index (Phi) is 6.31. The molecule has 0 atom stereocenters. The molecule has 0 saturated heterocycles. The van der Waals surface area contributed by atoms with Crippen molar-refractivity contribution in [1.29, 1.82) is 0 Å². The minimum atomic E-state index is -0.250. The maximum absolute atomic E-state index is 12.7. The van der Waals surface area contributed by atoms with Crippen molar-refractivity contribution in [2.45, 2.75) is 31.5 Å². The zero-order chi connectivity index (χ0) is 20.1. The van der Waals surface area contributed by atoms with Crippen molar-refractivity contribution >= 4 is 23.4 Å². The van der Waals surface area contributed by atoms with E-state index in [1.54, 1.807) is 0 Å². The van der Waals surface area contributed by atoms with Gasteiger partial charge in [0, 0.05) is 17.3 Å². The highest BCUT2D eigenvalue weighted by Crippen LogP contribution is 2.24. The molecule has 6 heteroatoms. The van der Waals surface area contributed by atoms with Gasteiger partial charge in [-0.1, -0.05) is 74.1 Å². The predicted octanol–water partition coefficient (Wildman–Crippen LogP) is 4.39. The number of hydrogen-bond donors (Lipinski definition) is 1. The standard InChI is InChI=1S/C22H23N3O2S/c1-15(2)17-11-7-8-12-18(17)23-20(26)14-25-21(27)13-19(24-22(25)28-3)16-9-5-4-6-10-16/h4-13,15H,14H2,1-3H3,(H,23,26). The molecule has 0 bridgehead atoms. The average Bonchev–Trinajstić information content (AvgIpc) is 2.70. The van der Waals surface area contributed by atoms with Gasteiger partial charge in [0.25, 0.3) is 5.56 Å². The fourth-order valence-electron chi connectivity index (χ4n) is 2.99. The molecule has 1 aromatic heterocycles. The maximum Gasteiger partial charge on any atom is 0.255 e. The van der Waals surface area contributed by atoms with Gasteiger partial charge < -0.3 is 5.32 Å². The van der Waals surface area contributed by atoms with Crippen molar-refractivity contribution in [2.75, 3.05) is 11.6 Å². The van der Waals surface area contributed by atoms with Gasteiger partial charge >= 0.3 is 0 Å². The van der Waals surface area contributed by atoms with Crippen LogP contribution in [0.25, 0.3) is 11.3 Å². The van der Waals surface area contributed by atoms with Crippen molar-refractivity contribution in [2.24, 2.45) is 0 Å². The molecule has 0 aliphatic rings. The summed E-state index contributed by atoms with van der Waals surface area (Å²) in [5.74, 6) is 0.0348. The molecule has 3 aromatic rings. The van der Waals surface area contributed by atoms with Gasteiger partial charge in [-0.3, -0.25) is 14.2 Å². The third kappa shape index (κ3) is 4.51. The van der Waals surface area contributed by atoms with Gasteiger partial charge in [-0.15, -0.1) is 0 Å². The van der Waals surface area contributed by atoms with E-state index in [0.29, 0.717) is 10.9 Å². The van der Waals surface area contributed by atoms with E-state index in [0.717, 1.165) is 16.8 Å². The Morgan fingerprint density at radius 1 is 1.11 bits per heavy atom. The first kappa shape index (κ1) is 19.9. The summed E-state index contributed by atoms with van der Waals surface area (Å²) in [6.45, 7) is 4.07. The lowest BCUT2D eigenvalue weighted by Crippen LogP contribution is -2.29. The largest absolute Gasteiger partial charge is 0.324 e. The minimum absolute atomic E-state index is 0.0799. The van der Waals surface area contributed by atoms with E-state index in [-0.39, 0.29) is 23.9 Å². The number of aromatic nitrogens is 2. The molecule has 0 radical (unpaired) electrons. The number of carbonyl (C=O) groups is 1. The van der Waals surface area contributed by atoms with E-state index in [9.17, 15) is 9.59 Å². The van der Waals surface area contributed by atoms with Crippen LogP contribution in [0.15, 0.2) is 70.6 Å². The summed E-state index contributed by atoms with van der Waals surface area (Å²) in [5, 5.41) is 3.44. The van der Waals surface area contributed by atoms with E-state index in [1.807, 2.05) is 60.9 Å². The van der Waals surface area contributed by atoms with Crippen LogP contribution in [-0.4, -0.2) is 21.7 Å². The normalized spacial score (nSPS) is 10.9. The Morgan fingerprint density at radius 3 is 2.46 bits per heavy atom. The van der Waals surface area contributed by atoms with Crippen LogP contribution in [0.2, 0.25) is 0 Å². The molecule has 1 heterocycles. The van der Waals surface area contributed by atoms with Gasteiger partial charge in [0.2, 0.25) is 5.91 Å². The first-order valence-corrected chi connectivity index (χ1v) is 10.3. The molecule has 3 rings (SSSR count). The van der Waals surface area contributed by atoms with Crippen molar-refractivity contribution in [3.05, 3.63) is 76.6 Å². The van der Waals surface area contributed by atoms with Gasteiger partial charge in [-0.05, 0) is 23.8 Å². The van der Waals surface area contributed by atoms with Crippen molar-refractivity contribution in [1.82, 2.24) is 9.55 Å². The predicted molar refractivity (Wildman–Crippen MR) is 115 cm³/mol. The zero-order valence-corrected chi connectivity index (χ0v) is 17.0. The summed E-state index contributed by atoms with van der Waals surface area (Å²) >= 11 is 1.35. The number of rotatable bonds is 6. The van der Waals surface area contributed by atoms with Crippen LogP contribution < -0.4 is 10.9 Å². The molecule has 1 N–H and O–H groups in total. The molecule has 1 amide bonds. The second-order valence-electron chi connectivity index (χ2n) is 6.71. The molecule has 0 unspecified atom stereocenters. The molecule has 0 fully saturated rings. The summed E-state index contributed by atoms with van der Waals surface area (Å²) in [6.07, 6.45) is 1.85. The van der Waals surface area contributed by atoms with Gasteiger partial charge in [-0.2, -0.15) is 0 Å². The Bertz CT molecular complexity index is 1030. The average molecular weight is 394 g/mol. The van der Waals surface area contributed by atoms with E-state index >= 15 is 0 Å². The number of carbonyl (C=O) groups excluding carboxylic acids is 1. The molecule has 0 aliphatic carbocycles. The number of para-hydroxylation sites is 1. The summed E-state index contributed by atoms with van der Waals surface area (Å²) < 4.78 is 1.41. The molecule has 144 valence electrons. The summed E-state index contributed by atoms with van der Waals surface area (Å²) in [6, 6.07) is 18.7. The third-order valence-electron chi connectivity index (χ3n) is 4.38. The molecule has 0 spiro atoms. The summed E-state index contributed by atoms with van der Waals surface area (Å²) in [7, 11) is 0. The number of anilines is 1. The van der Waals surface area contributed by atoms with Crippen LogP contribution in [0, 0.1) is 0 Å². The second-order valence-corrected chi connectivity index (χ2v) is 7.48. The second kappa shape index (κ2) is 8.89. The molecule has 28 heavy (non-hydrogen) atoms. The fourth-order valence-corrected chi connectivity index (χ4v) is 3.56. The molecule has 5 nitrogen and oxygen atoms in total. The fraction of sp³-hybridized carbons (Fsp3) is 0.227. The van der Waals surface area contributed by atoms with E-state index < -0.39 is 0 Å². The number of benzene rings is 2. The number of amides is 1. The van der Waals surface area contributed by atoms with Crippen LogP contribution in [0.5, 0.6) is 0 Å². The van der Waals surface area contributed by atoms with E-state index in [4.69, 9.17) is 0 Å². The Morgan fingerprint density at radius 2 is 1.79 bits per heavy atom. The van der Waals surface area contributed by atoms with Crippen LogP contribution in [0.4, 0.5) is 5.69 Å². The smallest absolute Gasteiger partial charge is 0.255 e. The Labute approximate surface area is 168 Å². The Balaban J connectivity index is 1.86. The third-order valence-corrected chi connectivity index (χ3v) is 5.06. The highest BCUT2D eigenvalue weighted by molar-refractivity contribution is 7.98. The highest BCUT2D eigenvalue weighted by atomic mass is 32.2. The Hall–Kier alpha value is -2.86.